The largest absolute Gasteiger partial charge is 0.478 e. The van der Waals surface area contributed by atoms with E-state index in [0.717, 1.165) is 34.5 Å². The van der Waals surface area contributed by atoms with Crippen molar-refractivity contribution in [1.29, 1.82) is 0 Å². The van der Waals surface area contributed by atoms with E-state index < -0.39 is 11.9 Å². The van der Waals surface area contributed by atoms with Crippen LogP contribution < -0.4 is 10.6 Å². The summed E-state index contributed by atoms with van der Waals surface area (Å²) in [7, 11) is 0. The SMILES string of the molecule is Cc1cc(NC(=O)c2ccc(NC(=O)CSc3nnnn3-c3ccc(C(C)(C)C)cc3Cl)c(Cl)c2)ccc1/C=C/C(=O)O. The first-order chi connectivity index (χ1) is 20.3. The Hall–Kier alpha value is -4.19. The van der Waals surface area contributed by atoms with Crippen LogP contribution in [0, 0.1) is 6.92 Å². The second-order valence-electron chi connectivity index (χ2n) is 10.5. The van der Waals surface area contributed by atoms with Gasteiger partial charge in [0.1, 0.15) is 0 Å². The molecule has 0 unspecified atom stereocenters. The van der Waals surface area contributed by atoms with Gasteiger partial charge in [-0.2, -0.15) is 4.68 Å². The van der Waals surface area contributed by atoms with Crippen LogP contribution in [0.2, 0.25) is 10.0 Å². The van der Waals surface area contributed by atoms with Gasteiger partial charge in [0.2, 0.25) is 11.1 Å². The molecular weight excluding hydrogens is 611 g/mol. The Labute approximate surface area is 262 Å². The van der Waals surface area contributed by atoms with Crippen LogP contribution in [0.15, 0.2) is 65.8 Å². The van der Waals surface area contributed by atoms with Crippen molar-refractivity contribution in [1.82, 2.24) is 20.2 Å². The number of carbonyl (C=O) groups excluding carboxylic acids is 2. The number of hydrogen-bond donors (Lipinski definition) is 3. The van der Waals surface area contributed by atoms with Crippen molar-refractivity contribution in [2.45, 2.75) is 38.3 Å². The third-order valence-electron chi connectivity index (χ3n) is 6.25. The minimum absolute atomic E-state index is 0.00632. The first-order valence-electron chi connectivity index (χ1n) is 13.0. The number of nitrogens with zero attached hydrogens (tertiary/aromatic N) is 4. The number of carbonyl (C=O) groups is 3. The summed E-state index contributed by atoms with van der Waals surface area (Å²) < 4.78 is 1.48. The smallest absolute Gasteiger partial charge is 0.328 e. The van der Waals surface area contributed by atoms with Crippen LogP contribution in [0.25, 0.3) is 11.8 Å². The fourth-order valence-corrected chi connectivity index (χ4v) is 5.12. The van der Waals surface area contributed by atoms with E-state index in [2.05, 4.69) is 46.9 Å². The van der Waals surface area contributed by atoms with Gasteiger partial charge < -0.3 is 15.7 Å². The number of amides is 2. The summed E-state index contributed by atoms with van der Waals surface area (Å²) in [5.41, 5.74) is 4.27. The molecule has 3 N–H and O–H groups in total. The number of hydrogen-bond acceptors (Lipinski definition) is 7. The van der Waals surface area contributed by atoms with Crippen LogP contribution in [0.5, 0.6) is 0 Å². The number of aromatic nitrogens is 4. The van der Waals surface area contributed by atoms with E-state index in [0.29, 0.717) is 32.8 Å². The standard InChI is InChI=1S/C30H28Cl2N6O4S/c1-17-13-21(9-5-18(17)7-12-27(40)41)33-28(42)19-6-10-24(22(31)14-19)34-26(39)16-43-29-35-36-37-38(29)25-11-8-20(15-23(25)32)30(2,3)4/h5-15H,16H2,1-4H3,(H,33,42)(H,34,39)(H,40,41)/b12-7+. The van der Waals surface area contributed by atoms with Crippen molar-refractivity contribution in [3.8, 4) is 5.69 Å². The number of nitrogens with one attached hydrogen (secondary N) is 2. The number of rotatable bonds is 9. The Morgan fingerprint density at radius 1 is 1.00 bits per heavy atom. The number of halogens is 2. The highest BCUT2D eigenvalue weighted by Gasteiger charge is 2.19. The molecule has 222 valence electrons. The number of anilines is 2. The summed E-state index contributed by atoms with van der Waals surface area (Å²) in [6.07, 6.45) is 2.53. The van der Waals surface area contributed by atoms with Crippen molar-refractivity contribution >= 4 is 70.2 Å². The molecule has 1 heterocycles. The maximum atomic E-state index is 12.8. The summed E-state index contributed by atoms with van der Waals surface area (Å²) in [4.78, 5) is 36.3. The van der Waals surface area contributed by atoms with Crippen molar-refractivity contribution in [2.75, 3.05) is 16.4 Å². The van der Waals surface area contributed by atoms with Gasteiger partial charge in [-0.25, -0.2) is 4.79 Å². The Morgan fingerprint density at radius 2 is 1.77 bits per heavy atom. The molecule has 0 atom stereocenters. The molecule has 10 nitrogen and oxygen atoms in total. The van der Waals surface area contributed by atoms with E-state index in [1.807, 2.05) is 25.1 Å². The Balaban J connectivity index is 1.37. The molecule has 0 aliphatic carbocycles. The molecule has 0 aliphatic heterocycles. The molecule has 13 heteroatoms. The summed E-state index contributed by atoms with van der Waals surface area (Å²) >= 11 is 14.0. The quantitative estimate of drug-likeness (QED) is 0.137. The molecule has 0 radical (unpaired) electrons. The third kappa shape index (κ3) is 8.22. The van der Waals surface area contributed by atoms with Crippen LogP contribution in [0.1, 0.15) is 47.8 Å². The number of aliphatic carboxylic acids is 1. The minimum atomic E-state index is -1.04. The molecule has 43 heavy (non-hydrogen) atoms. The zero-order chi connectivity index (χ0) is 31.3. The predicted molar refractivity (Wildman–Crippen MR) is 169 cm³/mol. The molecule has 0 saturated carbocycles. The Morgan fingerprint density at radius 3 is 2.42 bits per heavy atom. The van der Waals surface area contributed by atoms with Gasteiger partial charge in [0.05, 0.1) is 27.2 Å². The molecule has 4 rings (SSSR count). The van der Waals surface area contributed by atoms with Crippen molar-refractivity contribution < 1.29 is 19.5 Å². The molecule has 0 aliphatic rings. The third-order valence-corrected chi connectivity index (χ3v) is 7.79. The minimum Gasteiger partial charge on any atom is -0.478 e. The molecule has 1 aromatic heterocycles. The van der Waals surface area contributed by atoms with Crippen LogP contribution in [0.3, 0.4) is 0 Å². The maximum Gasteiger partial charge on any atom is 0.328 e. The molecule has 2 amide bonds. The number of carboxylic acids is 1. The van der Waals surface area contributed by atoms with E-state index in [4.69, 9.17) is 28.3 Å². The van der Waals surface area contributed by atoms with E-state index in [1.54, 1.807) is 30.3 Å². The number of aryl methyl sites for hydroxylation is 1. The molecule has 0 saturated heterocycles. The first-order valence-corrected chi connectivity index (χ1v) is 14.7. The van der Waals surface area contributed by atoms with E-state index in [1.165, 1.54) is 16.8 Å². The molecule has 0 fully saturated rings. The summed E-state index contributed by atoms with van der Waals surface area (Å²) in [6, 6.07) is 15.4. The van der Waals surface area contributed by atoms with Gasteiger partial charge in [-0.1, -0.05) is 67.9 Å². The Kier molecular flexibility index (Phi) is 9.90. The second-order valence-corrected chi connectivity index (χ2v) is 12.3. The zero-order valence-corrected chi connectivity index (χ0v) is 26.0. The van der Waals surface area contributed by atoms with Gasteiger partial charge >= 0.3 is 5.97 Å². The van der Waals surface area contributed by atoms with Gasteiger partial charge in [0, 0.05) is 17.3 Å². The lowest BCUT2D eigenvalue weighted by molar-refractivity contribution is -0.131. The highest BCUT2D eigenvalue weighted by molar-refractivity contribution is 7.99. The lowest BCUT2D eigenvalue weighted by atomic mass is 9.87. The van der Waals surface area contributed by atoms with Gasteiger partial charge in [0.25, 0.3) is 5.91 Å². The Bertz CT molecular complexity index is 1730. The highest BCUT2D eigenvalue weighted by Crippen LogP contribution is 2.31. The average molecular weight is 640 g/mol. The number of carboxylic acid groups (broad SMARTS) is 1. The lowest BCUT2D eigenvalue weighted by Gasteiger charge is -2.20. The zero-order valence-electron chi connectivity index (χ0n) is 23.7. The molecular formula is C30H28Cl2N6O4S. The average Bonchev–Trinajstić information content (AvgIpc) is 3.40. The van der Waals surface area contributed by atoms with Gasteiger partial charge in [-0.3, -0.25) is 9.59 Å². The van der Waals surface area contributed by atoms with Gasteiger partial charge in [-0.05, 0) is 88.0 Å². The summed E-state index contributed by atoms with van der Waals surface area (Å²) in [5.74, 6) is -1.80. The second kappa shape index (κ2) is 13.4. The number of thioether (sulfide) groups is 1. The fraction of sp³-hybridized carbons (Fsp3) is 0.200. The highest BCUT2D eigenvalue weighted by atomic mass is 35.5. The first kappa shape index (κ1) is 31.7. The molecule has 0 bridgehead atoms. The van der Waals surface area contributed by atoms with Crippen molar-refractivity contribution in [3.63, 3.8) is 0 Å². The van der Waals surface area contributed by atoms with Crippen LogP contribution >= 0.6 is 35.0 Å². The van der Waals surface area contributed by atoms with Crippen molar-refractivity contribution in [2.24, 2.45) is 0 Å². The molecule has 0 spiro atoms. The molecule has 4 aromatic rings. The van der Waals surface area contributed by atoms with Crippen LogP contribution in [-0.2, 0) is 15.0 Å². The van der Waals surface area contributed by atoms with Gasteiger partial charge in [-0.15, -0.1) is 5.10 Å². The topological polar surface area (TPSA) is 139 Å². The normalized spacial score (nSPS) is 11.5. The van der Waals surface area contributed by atoms with Gasteiger partial charge in [0.15, 0.2) is 0 Å². The van der Waals surface area contributed by atoms with Crippen LogP contribution in [0.4, 0.5) is 11.4 Å². The number of tetrazole rings is 1. The summed E-state index contributed by atoms with van der Waals surface area (Å²) in [5, 5.41) is 27.2. The van der Waals surface area contributed by atoms with E-state index in [9.17, 15) is 14.4 Å². The van der Waals surface area contributed by atoms with Crippen LogP contribution in [-0.4, -0.2) is 48.9 Å². The van der Waals surface area contributed by atoms with E-state index >= 15 is 0 Å². The fourth-order valence-electron chi connectivity index (χ4n) is 3.94. The lowest BCUT2D eigenvalue weighted by Crippen LogP contribution is -2.16. The monoisotopic (exact) mass is 638 g/mol. The van der Waals surface area contributed by atoms with E-state index in [-0.39, 0.29) is 22.1 Å². The predicted octanol–water partition coefficient (Wildman–Crippen LogP) is 6.66. The molecule has 3 aromatic carbocycles. The number of benzene rings is 3. The maximum absolute atomic E-state index is 12.8. The van der Waals surface area contributed by atoms with Crippen molar-refractivity contribution in [3.05, 3.63) is 93.0 Å². The summed E-state index contributed by atoms with van der Waals surface area (Å²) in [6.45, 7) is 8.09.